The quantitative estimate of drug-likeness (QED) is 0.162. The molecular weight excluding hydrogens is 806 g/mol. The van der Waals surface area contributed by atoms with Gasteiger partial charge in [-0.15, -0.1) is 0 Å². The molecule has 0 amide bonds. The maximum atomic E-state index is 5.21. The van der Waals surface area contributed by atoms with Crippen LogP contribution in [0.1, 0.15) is 44.5 Å². The Morgan fingerprint density at radius 2 is 0.967 bits per heavy atom. The minimum atomic E-state index is 0.203. The van der Waals surface area contributed by atoms with Crippen LogP contribution in [0.2, 0.25) is 0 Å². The molecule has 0 N–H and O–H groups in total. The third-order valence-electron chi connectivity index (χ3n) is 13.6. The van der Waals surface area contributed by atoms with Crippen molar-refractivity contribution in [2.24, 2.45) is 0 Å². The molecule has 290 valence electrons. The summed E-state index contributed by atoms with van der Waals surface area (Å²) in [5.41, 5.74) is 26.8. The molecule has 2 heterocycles. The molecule has 0 bridgehead atoms. The van der Waals surface area contributed by atoms with Crippen LogP contribution in [0.5, 0.6) is 0 Å². The summed E-state index contributed by atoms with van der Waals surface area (Å²) in [6.45, 7) is 9.08. The van der Waals surface area contributed by atoms with Gasteiger partial charge in [-0.3, -0.25) is 0 Å². The van der Waals surface area contributed by atoms with Crippen LogP contribution in [0.3, 0.4) is 0 Å². The molecule has 8 aromatic carbocycles. The normalized spacial score (nSPS) is 12.5. The van der Waals surface area contributed by atoms with Gasteiger partial charge in [0, 0.05) is 0 Å². The predicted molar refractivity (Wildman–Crippen MR) is 254 cm³/mol. The second-order valence-corrected chi connectivity index (χ2v) is 19.1. The van der Waals surface area contributed by atoms with E-state index in [1.807, 2.05) is 0 Å². The molecule has 10 aromatic rings. The summed E-state index contributed by atoms with van der Waals surface area (Å²) in [5.74, 6) is 0. The Hall–Kier alpha value is -6.71. The first kappa shape index (κ1) is 36.2. The fourth-order valence-corrected chi connectivity index (χ4v) is 12.8. The molecule has 61 heavy (non-hydrogen) atoms. The molecule has 2 aliphatic carbocycles. The van der Waals surface area contributed by atoms with Crippen molar-refractivity contribution in [3.8, 4) is 78.1 Å². The van der Waals surface area contributed by atoms with Crippen molar-refractivity contribution in [3.05, 3.63) is 196 Å². The topological polar surface area (TPSA) is 38.7 Å². The van der Waals surface area contributed by atoms with Gasteiger partial charge in [-0.25, -0.2) is 0 Å². The van der Waals surface area contributed by atoms with Crippen LogP contribution in [0.15, 0.2) is 152 Å². The Morgan fingerprint density at radius 3 is 1.67 bits per heavy atom. The summed E-state index contributed by atoms with van der Waals surface area (Å²) in [6.07, 6.45) is 1.70. The van der Waals surface area contributed by atoms with E-state index in [4.69, 9.17) is 15.4 Å². The third-order valence-corrected chi connectivity index (χ3v) is 16.0. The molecule has 0 fully saturated rings. The molecule has 2 aliphatic rings. The van der Waals surface area contributed by atoms with Crippen molar-refractivity contribution in [2.75, 3.05) is 0 Å². The van der Waals surface area contributed by atoms with Crippen molar-refractivity contribution >= 4 is 33.8 Å². The molecule has 0 saturated carbocycles. The number of hydrogen-bond donors (Lipinski definition) is 0. The minimum absolute atomic E-state index is 0.203. The Balaban J connectivity index is 1.22. The van der Waals surface area contributed by atoms with Crippen molar-refractivity contribution < 1.29 is 0 Å². The van der Waals surface area contributed by atoms with E-state index in [9.17, 15) is 0 Å². The fourth-order valence-electron chi connectivity index (χ4n) is 10.5. The zero-order valence-corrected chi connectivity index (χ0v) is 36.3. The van der Waals surface area contributed by atoms with Crippen LogP contribution in [0, 0.1) is 27.7 Å². The van der Waals surface area contributed by atoms with Gasteiger partial charge in [-0.2, -0.15) is 0 Å². The van der Waals surface area contributed by atoms with E-state index in [1.165, 1.54) is 114 Å². The molecule has 2 aromatic heterocycles. The molecule has 0 atom stereocenters. The molecule has 0 saturated heterocycles. The van der Waals surface area contributed by atoms with E-state index in [-0.39, 0.29) is 14.5 Å². The zero-order chi connectivity index (χ0) is 40.9. The van der Waals surface area contributed by atoms with E-state index in [1.54, 1.807) is 0 Å². The summed E-state index contributed by atoms with van der Waals surface area (Å²) in [5, 5.41) is 17.9. The summed E-state index contributed by atoms with van der Waals surface area (Å²) in [6, 6.07) is 56.1. The number of nitrogens with zero attached hydrogens (tertiary/aromatic N) is 3. The SMILES string of the molecule is Cc1cc2c(c(-c3nnnc(-c4ccccc4-c4c(-c5ccccc5)ccc5[se]c6ccccc6c45)c3-c3c(C)c(C)cc4c3Cc3ccccc3-4)c1C)Cc1ccccc1-2. The van der Waals surface area contributed by atoms with Gasteiger partial charge in [0.05, 0.1) is 0 Å². The first-order valence-corrected chi connectivity index (χ1v) is 22.9. The monoisotopic (exact) mass is 847 g/mol. The summed E-state index contributed by atoms with van der Waals surface area (Å²) < 4.78 is 2.84. The van der Waals surface area contributed by atoms with Gasteiger partial charge in [0.2, 0.25) is 0 Å². The van der Waals surface area contributed by atoms with E-state index >= 15 is 0 Å². The standard InChI is InChI=1S/C57H41N3Se/c1-32-28-45-39-20-10-8-18-37(39)30-47(45)51(34(32)3)55-56(58-60-59-57(55)52-35(4)33(2)29-46-40-21-11-9-19-38(40)31-48(46)52)43-23-13-12-22-42(43)53-41(36-16-6-5-7-17-36)26-27-50-54(53)44-24-14-15-25-49(44)61-50/h5-29H,30-31H2,1-4H3. The van der Waals surface area contributed by atoms with Gasteiger partial charge in [0.1, 0.15) is 0 Å². The summed E-state index contributed by atoms with van der Waals surface area (Å²) in [7, 11) is 0. The van der Waals surface area contributed by atoms with E-state index in [0.29, 0.717) is 0 Å². The predicted octanol–water partition coefficient (Wildman–Crippen LogP) is 13.9. The molecule has 0 unspecified atom stereocenters. The van der Waals surface area contributed by atoms with Gasteiger partial charge in [0.25, 0.3) is 0 Å². The van der Waals surface area contributed by atoms with E-state index in [0.717, 1.165) is 40.9 Å². The average Bonchev–Trinajstić information content (AvgIpc) is 3.98. The maximum absolute atomic E-state index is 5.21. The van der Waals surface area contributed by atoms with Crippen LogP contribution >= 0.6 is 0 Å². The molecule has 0 aliphatic heterocycles. The Bertz CT molecular complexity index is 3470. The summed E-state index contributed by atoms with van der Waals surface area (Å²) >= 11 is 0.203. The number of aromatic nitrogens is 3. The molecule has 0 spiro atoms. The van der Waals surface area contributed by atoms with Gasteiger partial charge >= 0.3 is 328 Å². The molecule has 3 nitrogen and oxygen atoms in total. The second-order valence-electron chi connectivity index (χ2n) is 16.8. The zero-order valence-electron chi connectivity index (χ0n) is 34.6. The van der Waals surface area contributed by atoms with Gasteiger partial charge in [-0.1, -0.05) is 36.4 Å². The first-order valence-electron chi connectivity index (χ1n) is 21.2. The van der Waals surface area contributed by atoms with Crippen molar-refractivity contribution in [1.29, 1.82) is 0 Å². The Morgan fingerprint density at radius 1 is 0.410 bits per heavy atom. The molecule has 12 rings (SSSR count). The second kappa shape index (κ2) is 13.9. The van der Waals surface area contributed by atoms with Crippen LogP contribution in [0.4, 0.5) is 0 Å². The number of benzene rings is 8. The smallest absolute Gasteiger partial charge is 0.0619 e. The van der Waals surface area contributed by atoms with Crippen molar-refractivity contribution in [1.82, 2.24) is 15.4 Å². The van der Waals surface area contributed by atoms with Crippen molar-refractivity contribution in [3.63, 3.8) is 0 Å². The van der Waals surface area contributed by atoms with Crippen LogP contribution in [-0.2, 0) is 12.8 Å². The average molecular weight is 847 g/mol. The number of fused-ring (bicyclic) bond motifs is 9. The van der Waals surface area contributed by atoms with Crippen LogP contribution in [-0.4, -0.2) is 29.9 Å². The molecule has 4 heteroatoms. The van der Waals surface area contributed by atoms with E-state index in [2.05, 4.69) is 179 Å². The first-order chi connectivity index (χ1) is 29.9. The minimum Gasteiger partial charge on any atom is -0.0619 e. The summed E-state index contributed by atoms with van der Waals surface area (Å²) in [4.78, 5) is 0. The number of hydrogen-bond acceptors (Lipinski definition) is 3. The Labute approximate surface area is 362 Å². The van der Waals surface area contributed by atoms with Gasteiger partial charge < -0.3 is 0 Å². The van der Waals surface area contributed by atoms with Gasteiger partial charge in [-0.05, 0) is 0 Å². The fraction of sp³-hybridized carbons (Fsp3) is 0.105. The van der Waals surface area contributed by atoms with Gasteiger partial charge in [0.15, 0.2) is 0 Å². The Kier molecular flexibility index (Phi) is 8.26. The van der Waals surface area contributed by atoms with Crippen LogP contribution < -0.4 is 0 Å². The van der Waals surface area contributed by atoms with E-state index < -0.39 is 0 Å². The molecular formula is C57H41N3Se. The number of aryl methyl sites for hydroxylation is 2. The number of rotatable bonds is 5. The molecule has 0 radical (unpaired) electrons. The van der Waals surface area contributed by atoms with Crippen LogP contribution in [0.25, 0.3) is 97.4 Å². The van der Waals surface area contributed by atoms with Crippen molar-refractivity contribution in [2.45, 2.75) is 40.5 Å². The third kappa shape index (κ3) is 5.46.